The highest BCUT2D eigenvalue weighted by Crippen LogP contribution is 2.35. The summed E-state index contributed by atoms with van der Waals surface area (Å²) in [5.41, 5.74) is 1.61. The summed E-state index contributed by atoms with van der Waals surface area (Å²) in [7, 11) is 2.33. The Bertz CT molecular complexity index is 875. The first-order valence-electron chi connectivity index (χ1n) is 9.28. The van der Waals surface area contributed by atoms with Crippen LogP contribution in [-0.2, 0) is 14.3 Å². The summed E-state index contributed by atoms with van der Waals surface area (Å²) < 4.78 is 9.52. The van der Waals surface area contributed by atoms with Crippen molar-refractivity contribution < 1.29 is 40.9 Å². The molecule has 2 aromatic rings. The van der Waals surface area contributed by atoms with Crippen molar-refractivity contribution >= 4 is 20.4 Å². The summed E-state index contributed by atoms with van der Waals surface area (Å²) >= 11 is 0. The van der Waals surface area contributed by atoms with Crippen LogP contribution in [0.3, 0.4) is 0 Å². The average Bonchev–Trinajstić information content (AvgIpc) is 2.69. The molecule has 3 radical (unpaired) electrons. The molecule has 0 saturated heterocycles. The number of ether oxygens (including phenoxy) is 2. The van der Waals surface area contributed by atoms with Crippen LogP contribution in [0.2, 0.25) is 0 Å². The fourth-order valence-electron chi connectivity index (χ4n) is 2.93. The molecule has 31 heavy (non-hydrogen) atoms. The van der Waals surface area contributed by atoms with Gasteiger partial charge >= 0.3 is 11.9 Å². The first kappa shape index (κ1) is 27.8. The van der Waals surface area contributed by atoms with Gasteiger partial charge < -0.3 is 29.9 Å². The van der Waals surface area contributed by atoms with Crippen molar-refractivity contribution in [2.45, 2.75) is 38.5 Å². The molecule has 0 amide bonds. The number of aliphatic hydroxyl groups is 1. The van der Waals surface area contributed by atoms with E-state index in [9.17, 15) is 14.7 Å². The average molecular weight is 434 g/mol. The molecular formula is C22H30BO8. The largest absolute Gasteiger partial charge is 0.508 e. The van der Waals surface area contributed by atoms with Gasteiger partial charge in [0.1, 0.15) is 23.0 Å². The third kappa shape index (κ3) is 8.22. The van der Waals surface area contributed by atoms with Crippen LogP contribution in [0, 0.1) is 0 Å². The van der Waals surface area contributed by atoms with Crippen molar-refractivity contribution in [3.8, 4) is 23.0 Å². The number of esters is 2. The van der Waals surface area contributed by atoms with E-state index < -0.39 is 0 Å². The van der Waals surface area contributed by atoms with Crippen LogP contribution in [0.4, 0.5) is 0 Å². The fourth-order valence-corrected chi connectivity index (χ4v) is 2.93. The van der Waals surface area contributed by atoms with Crippen LogP contribution >= 0.6 is 0 Å². The SMILES string of the molecule is CC1CC(=O)Oc2cc(O)ccc21.CO.COC(=O)CC(C)c1ccc(O)cc1O.[2HH].[B]. The molecule has 2 atom stereocenters. The summed E-state index contributed by atoms with van der Waals surface area (Å²) in [6, 6.07) is 9.20. The monoisotopic (exact) mass is 434 g/mol. The second-order valence-electron chi connectivity index (χ2n) is 6.73. The lowest BCUT2D eigenvalue weighted by Gasteiger charge is -2.20. The molecule has 8 nitrogen and oxygen atoms in total. The highest BCUT2D eigenvalue weighted by atomic mass is 16.5. The van der Waals surface area contributed by atoms with E-state index in [1.165, 1.54) is 25.3 Å². The quantitative estimate of drug-likeness (QED) is 0.329. The van der Waals surface area contributed by atoms with Crippen LogP contribution in [0.25, 0.3) is 0 Å². The highest BCUT2D eigenvalue weighted by Gasteiger charge is 2.23. The van der Waals surface area contributed by atoms with Crippen LogP contribution < -0.4 is 4.74 Å². The number of aromatic hydroxyl groups is 3. The zero-order valence-electron chi connectivity index (χ0n) is 18.0. The molecule has 2 aromatic carbocycles. The lowest BCUT2D eigenvalue weighted by Crippen LogP contribution is -2.18. The van der Waals surface area contributed by atoms with E-state index in [0.29, 0.717) is 17.7 Å². The summed E-state index contributed by atoms with van der Waals surface area (Å²) in [5.74, 6) is 0.0906. The Hall–Kier alpha value is -3.20. The fraction of sp³-hybridized carbons (Fsp3) is 0.364. The second-order valence-corrected chi connectivity index (χ2v) is 6.73. The number of phenolic OH excluding ortho intramolecular Hbond substituents is 3. The molecule has 4 N–H and O–H groups in total. The normalized spacial score (nSPS) is 14.7. The summed E-state index contributed by atoms with van der Waals surface area (Å²) in [4.78, 5) is 22.1. The van der Waals surface area contributed by atoms with Gasteiger partial charge in [-0.05, 0) is 35.1 Å². The number of carbonyl (C=O) groups is 2. The van der Waals surface area contributed by atoms with E-state index in [4.69, 9.17) is 20.1 Å². The first-order valence-corrected chi connectivity index (χ1v) is 9.28. The van der Waals surface area contributed by atoms with Crippen molar-refractivity contribution in [1.29, 1.82) is 0 Å². The van der Waals surface area contributed by atoms with Crippen LogP contribution in [0.15, 0.2) is 36.4 Å². The number of aliphatic hydroxyl groups excluding tert-OH is 1. The molecule has 0 bridgehead atoms. The van der Waals surface area contributed by atoms with Crippen molar-refractivity contribution in [3.05, 3.63) is 47.5 Å². The number of phenols is 3. The lowest BCUT2D eigenvalue weighted by atomic mass is 9.95. The lowest BCUT2D eigenvalue weighted by molar-refractivity contribution is -0.141. The predicted molar refractivity (Wildman–Crippen MR) is 118 cm³/mol. The number of benzene rings is 2. The minimum atomic E-state index is -0.324. The molecule has 1 aliphatic rings. The van der Waals surface area contributed by atoms with Crippen LogP contribution in [0.5, 0.6) is 23.0 Å². The molecule has 0 aromatic heterocycles. The first-order chi connectivity index (χ1) is 14.2. The third-order valence-corrected chi connectivity index (χ3v) is 4.47. The molecule has 9 heteroatoms. The standard InChI is InChI=1S/C11H14O4.C10H10O3.CH4O.B.H2/c1-7(5-11(14)15-2)9-4-3-8(12)6-10(9)13;1-6-4-10(12)13-9-5-7(11)2-3-8(6)9;1-2;;/h3-4,6-7,12-13H,5H2,1-2H3;2-3,5-6,11H,4H2,1H3;2H,1H3;;1H/i;;;;1+1. The van der Waals surface area contributed by atoms with Crippen molar-refractivity contribution in [2.75, 3.05) is 14.2 Å². The topological polar surface area (TPSA) is 134 Å². The van der Waals surface area contributed by atoms with Gasteiger partial charge in [-0.2, -0.15) is 0 Å². The number of hydrogen-bond donors (Lipinski definition) is 4. The minimum Gasteiger partial charge on any atom is -0.508 e. The molecule has 169 valence electrons. The number of fused-ring (bicyclic) bond motifs is 1. The molecule has 2 unspecified atom stereocenters. The minimum absolute atomic E-state index is 0. The Balaban J connectivity index is 0. The van der Waals surface area contributed by atoms with Gasteiger partial charge in [0.15, 0.2) is 0 Å². The van der Waals surface area contributed by atoms with Crippen LogP contribution in [0.1, 0.15) is 51.1 Å². The maximum absolute atomic E-state index is 11.0. The Labute approximate surface area is 185 Å². The van der Waals surface area contributed by atoms with Crippen molar-refractivity contribution in [3.63, 3.8) is 0 Å². The number of methoxy groups -OCH3 is 1. The molecular weight excluding hydrogens is 403 g/mol. The second kappa shape index (κ2) is 13.2. The Morgan fingerprint density at radius 2 is 1.74 bits per heavy atom. The van der Waals surface area contributed by atoms with E-state index >= 15 is 0 Å². The maximum Gasteiger partial charge on any atom is 0.311 e. The van der Waals surface area contributed by atoms with Gasteiger partial charge in [0.25, 0.3) is 0 Å². The molecule has 3 rings (SSSR count). The zero-order valence-corrected chi connectivity index (χ0v) is 18.0. The van der Waals surface area contributed by atoms with E-state index in [-0.39, 0.29) is 57.3 Å². The molecule has 0 spiro atoms. The molecule has 0 fully saturated rings. The number of carbonyl (C=O) groups excluding carboxylic acids is 2. The molecule has 0 aliphatic carbocycles. The summed E-state index contributed by atoms with van der Waals surface area (Å²) in [5, 5.41) is 34.8. The third-order valence-electron chi connectivity index (χ3n) is 4.47. The Morgan fingerprint density at radius 1 is 1.16 bits per heavy atom. The van der Waals surface area contributed by atoms with E-state index in [1.54, 1.807) is 18.2 Å². The van der Waals surface area contributed by atoms with Gasteiger partial charge in [0, 0.05) is 29.1 Å². The maximum atomic E-state index is 11.0. The predicted octanol–water partition coefficient (Wildman–Crippen LogP) is 3.04. The van der Waals surface area contributed by atoms with Gasteiger partial charge in [-0.25, -0.2) is 0 Å². The van der Waals surface area contributed by atoms with Crippen LogP contribution in [-0.4, -0.2) is 55.0 Å². The van der Waals surface area contributed by atoms with Gasteiger partial charge in [0.05, 0.1) is 20.0 Å². The smallest absolute Gasteiger partial charge is 0.311 e. The van der Waals surface area contributed by atoms with Crippen molar-refractivity contribution in [2.24, 2.45) is 0 Å². The van der Waals surface area contributed by atoms with E-state index in [0.717, 1.165) is 12.7 Å². The summed E-state index contributed by atoms with van der Waals surface area (Å²) in [6.07, 6.45) is 0.618. The summed E-state index contributed by atoms with van der Waals surface area (Å²) in [6.45, 7) is 3.78. The van der Waals surface area contributed by atoms with Gasteiger partial charge in [-0.1, -0.05) is 26.0 Å². The molecule has 1 heterocycles. The number of hydrogen-bond acceptors (Lipinski definition) is 8. The molecule has 0 saturated carbocycles. The Kier molecular flexibility index (Phi) is 11.8. The van der Waals surface area contributed by atoms with Crippen molar-refractivity contribution in [1.82, 2.24) is 0 Å². The number of rotatable bonds is 3. The highest BCUT2D eigenvalue weighted by molar-refractivity contribution is 5.76. The van der Waals surface area contributed by atoms with E-state index in [2.05, 4.69) is 4.74 Å². The van der Waals surface area contributed by atoms with Gasteiger partial charge in [-0.15, -0.1) is 0 Å². The molecule has 1 aliphatic heterocycles. The Morgan fingerprint density at radius 3 is 2.32 bits per heavy atom. The van der Waals surface area contributed by atoms with Gasteiger partial charge in [0.2, 0.25) is 0 Å². The zero-order chi connectivity index (χ0) is 22.8. The van der Waals surface area contributed by atoms with Gasteiger partial charge in [-0.3, -0.25) is 9.59 Å². The van der Waals surface area contributed by atoms with E-state index in [1.807, 2.05) is 13.8 Å².